The van der Waals surface area contributed by atoms with Gasteiger partial charge in [0.05, 0.1) is 17.6 Å². The lowest BCUT2D eigenvalue weighted by Gasteiger charge is -2.40. The molecule has 3 N–H and O–H groups in total. The molecular formula is C23H25ClN4O4. The molecule has 8 nitrogen and oxygen atoms in total. The Kier molecular flexibility index (Phi) is 6.45. The molecule has 0 atom stereocenters. The average Bonchev–Trinajstić information content (AvgIpc) is 2.72. The lowest BCUT2D eigenvalue weighted by atomic mass is 9.93. The minimum atomic E-state index is -1.19. The molecular weight excluding hydrogens is 432 g/mol. The first kappa shape index (κ1) is 23.1. The molecule has 1 heterocycles. The molecule has 1 aliphatic heterocycles. The summed E-state index contributed by atoms with van der Waals surface area (Å²) in [5.74, 6) is -0.414. The van der Waals surface area contributed by atoms with E-state index in [9.17, 15) is 19.8 Å². The predicted octanol–water partition coefficient (Wildman–Crippen LogP) is 4.45. The average molecular weight is 457 g/mol. The number of phenols is 1. The fraction of sp³-hybridized carbons (Fsp3) is 0.261. The smallest absolute Gasteiger partial charge is 0.332 e. The number of rotatable bonds is 6. The van der Waals surface area contributed by atoms with E-state index in [0.717, 1.165) is 5.56 Å². The van der Waals surface area contributed by atoms with Crippen molar-refractivity contribution >= 4 is 35.2 Å². The number of aromatic hydroxyl groups is 1. The van der Waals surface area contributed by atoms with Crippen molar-refractivity contribution in [1.29, 1.82) is 0 Å². The maximum absolute atomic E-state index is 13.4. The second-order valence-electron chi connectivity index (χ2n) is 8.25. The van der Waals surface area contributed by atoms with E-state index in [1.54, 1.807) is 57.2 Å². The molecule has 0 aromatic heterocycles. The zero-order chi connectivity index (χ0) is 23.6. The highest BCUT2D eigenvalue weighted by Gasteiger charge is 2.39. The van der Waals surface area contributed by atoms with Crippen LogP contribution >= 0.6 is 11.6 Å². The first-order chi connectivity index (χ1) is 15.0. The third-order valence-electron chi connectivity index (χ3n) is 5.10. The molecule has 0 bridgehead atoms. The zero-order valence-corrected chi connectivity index (χ0v) is 18.8. The second-order valence-corrected chi connectivity index (χ2v) is 8.68. The van der Waals surface area contributed by atoms with Crippen molar-refractivity contribution in [1.82, 2.24) is 15.1 Å². The summed E-state index contributed by atoms with van der Waals surface area (Å²) in [5, 5.41) is 22.9. The van der Waals surface area contributed by atoms with Crippen molar-refractivity contribution in [2.45, 2.75) is 27.3 Å². The number of carboxylic acids is 1. The Morgan fingerprint density at radius 1 is 1.19 bits per heavy atom. The van der Waals surface area contributed by atoms with Crippen LogP contribution in [0.1, 0.15) is 25.0 Å². The summed E-state index contributed by atoms with van der Waals surface area (Å²) in [4.78, 5) is 32.3. The Morgan fingerprint density at radius 2 is 1.84 bits per heavy atom. The Balaban J connectivity index is 1.99. The van der Waals surface area contributed by atoms with E-state index >= 15 is 0 Å². The first-order valence-electron chi connectivity index (χ1n) is 9.89. The number of carbonyl (C=O) groups excluding carboxylic acids is 1. The minimum Gasteiger partial charge on any atom is -0.508 e. The van der Waals surface area contributed by atoms with E-state index < -0.39 is 17.4 Å². The fourth-order valence-corrected chi connectivity index (χ4v) is 3.20. The lowest BCUT2D eigenvalue weighted by molar-refractivity contribution is -0.147. The van der Waals surface area contributed by atoms with Gasteiger partial charge in [-0.1, -0.05) is 30.3 Å². The van der Waals surface area contributed by atoms with Crippen molar-refractivity contribution in [3.8, 4) is 5.75 Å². The number of aliphatic carboxylic acids is 1. The highest BCUT2D eigenvalue weighted by Crippen LogP contribution is 2.26. The van der Waals surface area contributed by atoms with E-state index in [2.05, 4.69) is 16.9 Å². The molecule has 0 saturated carbocycles. The number of amides is 2. The SMILES string of the molecule is C=C1N/C(=N\c2ccc(O)c(C)c2)N(Cc2ccc(Cl)cc2)C(=O)N1CC(C)(C)C(=O)O. The maximum Gasteiger partial charge on any atom is 0.332 e. The van der Waals surface area contributed by atoms with Gasteiger partial charge >= 0.3 is 12.0 Å². The van der Waals surface area contributed by atoms with E-state index in [1.165, 1.54) is 15.9 Å². The molecule has 2 amide bonds. The molecule has 0 radical (unpaired) electrons. The van der Waals surface area contributed by atoms with Crippen LogP contribution in [-0.4, -0.2) is 44.5 Å². The number of halogens is 1. The summed E-state index contributed by atoms with van der Waals surface area (Å²) in [6.07, 6.45) is 0. The van der Waals surface area contributed by atoms with Crippen LogP contribution in [0.15, 0.2) is 59.9 Å². The topological polar surface area (TPSA) is 105 Å². The van der Waals surface area contributed by atoms with Crippen LogP contribution in [0, 0.1) is 12.3 Å². The molecule has 3 rings (SSSR count). The summed E-state index contributed by atoms with van der Waals surface area (Å²) in [6, 6.07) is 11.4. The van der Waals surface area contributed by atoms with Gasteiger partial charge in [0, 0.05) is 11.6 Å². The van der Waals surface area contributed by atoms with Gasteiger partial charge in [-0.25, -0.2) is 9.79 Å². The number of aliphatic imine (C=N–C) groups is 1. The first-order valence-corrected chi connectivity index (χ1v) is 10.3. The lowest BCUT2D eigenvalue weighted by Crippen LogP contribution is -2.59. The number of hydrogen-bond acceptors (Lipinski definition) is 4. The number of urea groups is 1. The number of carboxylic acid groups (broad SMARTS) is 1. The molecule has 1 fully saturated rings. The third kappa shape index (κ3) is 5.03. The molecule has 2 aromatic rings. The zero-order valence-electron chi connectivity index (χ0n) is 18.1. The standard InChI is InChI=1S/C23H25ClN4O4/c1-14-11-18(9-10-19(14)29)26-21-25-15(2)28(13-23(3,4)20(30)31)22(32)27(21)12-16-5-7-17(24)8-6-16/h5-11,29H,2,12-13H2,1,3-4H3,(H,25,26)(H,30,31). The van der Waals surface area contributed by atoms with Gasteiger partial charge in [0.15, 0.2) is 0 Å². The molecule has 9 heteroatoms. The van der Waals surface area contributed by atoms with Gasteiger partial charge in [-0.3, -0.25) is 14.6 Å². The highest BCUT2D eigenvalue weighted by molar-refractivity contribution is 6.30. The van der Waals surface area contributed by atoms with Crippen LogP contribution in [0.4, 0.5) is 10.5 Å². The van der Waals surface area contributed by atoms with Crippen molar-refractivity contribution in [2.24, 2.45) is 10.4 Å². The Hall–Kier alpha value is -3.52. The van der Waals surface area contributed by atoms with Crippen molar-refractivity contribution in [3.05, 3.63) is 71.0 Å². The number of benzene rings is 2. The number of nitrogens with zero attached hydrogens (tertiary/aromatic N) is 3. The summed E-state index contributed by atoms with van der Waals surface area (Å²) < 4.78 is 0. The molecule has 0 aliphatic carbocycles. The molecule has 1 aliphatic rings. The number of nitrogens with one attached hydrogen (secondary N) is 1. The number of carbonyl (C=O) groups is 2. The maximum atomic E-state index is 13.4. The molecule has 0 unspecified atom stereocenters. The molecule has 1 saturated heterocycles. The van der Waals surface area contributed by atoms with Crippen molar-refractivity contribution in [2.75, 3.05) is 6.54 Å². The number of phenolic OH excluding ortho intramolecular Hbond substituents is 1. The van der Waals surface area contributed by atoms with Gasteiger partial charge in [-0.15, -0.1) is 0 Å². The van der Waals surface area contributed by atoms with Crippen LogP contribution < -0.4 is 5.32 Å². The minimum absolute atomic E-state index is 0.0737. The summed E-state index contributed by atoms with van der Waals surface area (Å²) in [6.45, 7) is 8.84. The predicted molar refractivity (Wildman–Crippen MR) is 123 cm³/mol. The summed E-state index contributed by atoms with van der Waals surface area (Å²) in [7, 11) is 0. The van der Waals surface area contributed by atoms with Gasteiger partial charge in [0.1, 0.15) is 11.6 Å². The van der Waals surface area contributed by atoms with Gasteiger partial charge in [0.25, 0.3) is 0 Å². The molecule has 168 valence electrons. The number of hydrogen-bond donors (Lipinski definition) is 3. The van der Waals surface area contributed by atoms with E-state index in [-0.39, 0.29) is 30.6 Å². The summed E-state index contributed by atoms with van der Waals surface area (Å²) >= 11 is 5.98. The molecule has 2 aromatic carbocycles. The van der Waals surface area contributed by atoms with Crippen molar-refractivity contribution < 1.29 is 19.8 Å². The van der Waals surface area contributed by atoms with Gasteiger partial charge in [0.2, 0.25) is 5.96 Å². The Bertz CT molecular complexity index is 1100. The van der Waals surface area contributed by atoms with Crippen LogP contribution in [0.2, 0.25) is 5.02 Å². The van der Waals surface area contributed by atoms with Crippen LogP contribution in [0.5, 0.6) is 5.75 Å². The van der Waals surface area contributed by atoms with Gasteiger partial charge < -0.3 is 15.5 Å². The molecule has 32 heavy (non-hydrogen) atoms. The van der Waals surface area contributed by atoms with Crippen LogP contribution in [0.25, 0.3) is 0 Å². The van der Waals surface area contributed by atoms with E-state index in [1.807, 2.05) is 0 Å². The Labute approximate surface area is 191 Å². The largest absolute Gasteiger partial charge is 0.508 e. The molecule has 0 spiro atoms. The van der Waals surface area contributed by atoms with E-state index in [0.29, 0.717) is 16.3 Å². The third-order valence-corrected chi connectivity index (χ3v) is 5.35. The van der Waals surface area contributed by atoms with E-state index in [4.69, 9.17) is 11.6 Å². The van der Waals surface area contributed by atoms with Crippen LogP contribution in [0.3, 0.4) is 0 Å². The second kappa shape index (κ2) is 8.92. The van der Waals surface area contributed by atoms with Crippen LogP contribution in [-0.2, 0) is 11.3 Å². The fourth-order valence-electron chi connectivity index (χ4n) is 3.08. The highest BCUT2D eigenvalue weighted by atomic mass is 35.5. The number of guanidine groups is 1. The Morgan fingerprint density at radius 3 is 2.44 bits per heavy atom. The van der Waals surface area contributed by atoms with Gasteiger partial charge in [-0.2, -0.15) is 0 Å². The van der Waals surface area contributed by atoms with Gasteiger partial charge in [-0.05, 0) is 62.2 Å². The number of aryl methyl sites for hydroxylation is 1. The summed E-state index contributed by atoms with van der Waals surface area (Å²) in [5.41, 5.74) is 0.796. The normalized spacial score (nSPS) is 15.8. The van der Waals surface area contributed by atoms with Crippen molar-refractivity contribution in [3.63, 3.8) is 0 Å². The quantitative estimate of drug-likeness (QED) is 0.595. The monoisotopic (exact) mass is 456 g/mol.